The number of nitrogens with zero attached hydrogens (tertiary/aromatic N) is 1. The molecule has 344 valence electrons. The van der Waals surface area contributed by atoms with Gasteiger partial charge in [-0.2, -0.15) is 0 Å². The van der Waals surface area contributed by atoms with Crippen LogP contribution in [0.25, 0.3) is 11.0 Å². The molecule has 0 radical (unpaired) electrons. The normalized spacial score (nSPS) is 16.3. The minimum absolute atomic E-state index is 0.00756. The van der Waals surface area contributed by atoms with E-state index in [9.17, 15) is 29.4 Å². The second-order valence-electron chi connectivity index (χ2n) is 17.9. The van der Waals surface area contributed by atoms with E-state index < -0.39 is 59.7 Å². The number of hydrogen-bond donors (Lipinski definition) is 8. The van der Waals surface area contributed by atoms with Gasteiger partial charge in [-0.1, -0.05) is 142 Å². The molecule has 0 bridgehead atoms. The Morgan fingerprint density at radius 3 is 2.09 bits per heavy atom. The Balaban J connectivity index is 1.05. The Hall–Kier alpha value is -6.87. The maximum atomic E-state index is 14.5. The highest BCUT2D eigenvalue weighted by Crippen LogP contribution is 2.31. The first-order chi connectivity index (χ1) is 31.8. The summed E-state index contributed by atoms with van der Waals surface area (Å²) in [5, 5.41) is 38.4. The molecule has 4 amide bonds. The van der Waals surface area contributed by atoms with Crippen LogP contribution in [0.3, 0.4) is 0 Å². The van der Waals surface area contributed by atoms with Crippen molar-refractivity contribution in [2.45, 2.75) is 103 Å². The van der Waals surface area contributed by atoms with Crippen molar-refractivity contribution >= 4 is 34.8 Å². The van der Waals surface area contributed by atoms with E-state index in [1.54, 1.807) is 0 Å². The smallest absolute Gasteiger partial charge is 0.408 e. The molecule has 6 aromatic rings. The summed E-state index contributed by atoms with van der Waals surface area (Å²) >= 11 is 0. The first-order valence-corrected chi connectivity index (χ1v) is 22.4. The summed E-state index contributed by atoms with van der Waals surface area (Å²) in [6, 6.07) is 37.1. The zero-order valence-electron chi connectivity index (χ0n) is 37.5. The van der Waals surface area contributed by atoms with Crippen molar-refractivity contribution < 1.29 is 34.1 Å². The molecule has 0 saturated heterocycles. The molecule has 1 aliphatic rings. The molecule has 6 atom stereocenters. The molecule has 5 aromatic carbocycles. The summed E-state index contributed by atoms with van der Waals surface area (Å²) in [4.78, 5) is 62.5. The highest BCUT2D eigenvalue weighted by atomic mass is 16.5. The molecule has 8 N–H and O–H groups in total. The maximum Gasteiger partial charge on any atom is 0.408 e. The van der Waals surface area contributed by atoms with Crippen LogP contribution < -0.4 is 26.6 Å². The summed E-state index contributed by atoms with van der Waals surface area (Å²) in [6.07, 6.45) is -1.93. The average molecular weight is 894 g/mol. The van der Waals surface area contributed by atoms with Crippen LogP contribution in [0.1, 0.15) is 72.4 Å². The number of hydrogen-bond acceptors (Lipinski definition) is 9. The van der Waals surface area contributed by atoms with Gasteiger partial charge in [-0.05, 0) is 57.3 Å². The van der Waals surface area contributed by atoms with Gasteiger partial charge in [0, 0.05) is 32.4 Å². The van der Waals surface area contributed by atoms with E-state index in [4.69, 9.17) is 4.74 Å². The number of aromatic amines is 1. The molecule has 14 heteroatoms. The minimum Gasteiger partial charge on any atom is -0.445 e. The molecule has 14 nitrogen and oxygen atoms in total. The number of H-pyrrole nitrogens is 1. The molecule has 0 unspecified atom stereocenters. The van der Waals surface area contributed by atoms with Gasteiger partial charge in [0.25, 0.3) is 0 Å². The number of fused-ring (bicyclic) bond motifs is 2. The molecular formula is C52H59N7O7. The Labute approximate surface area is 385 Å². The van der Waals surface area contributed by atoms with Crippen molar-refractivity contribution in [2.24, 2.45) is 5.41 Å². The Morgan fingerprint density at radius 1 is 0.758 bits per heavy atom. The van der Waals surface area contributed by atoms with Gasteiger partial charge in [-0.25, -0.2) is 9.78 Å². The van der Waals surface area contributed by atoms with E-state index in [0.717, 1.165) is 50.2 Å². The van der Waals surface area contributed by atoms with Gasteiger partial charge in [-0.3, -0.25) is 19.7 Å². The second kappa shape index (κ2) is 21.9. The van der Waals surface area contributed by atoms with E-state index in [1.807, 2.05) is 154 Å². The van der Waals surface area contributed by atoms with Gasteiger partial charge in [0.2, 0.25) is 17.7 Å². The predicted octanol–water partition coefficient (Wildman–Crippen LogP) is 5.47. The van der Waals surface area contributed by atoms with Crippen LogP contribution in [-0.4, -0.2) is 74.3 Å². The summed E-state index contributed by atoms with van der Waals surface area (Å²) < 4.78 is 5.47. The number of nitrogens with one attached hydrogen (secondary N) is 6. The van der Waals surface area contributed by atoms with Gasteiger partial charge in [0.1, 0.15) is 24.5 Å². The number of carbonyl (C=O) groups excluding carboxylic acids is 4. The number of imidazole rings is 1. The van der Waals surface area contributed by atoms with Crippen molar-refractivity contribution in [3.63, 3.8) is 0 Å². The molecule has 0 fully saturated rings. The molecule has 66 heavy (non-hydrogen) atoms. The van der Waals surface area contributed by atoms with Crippen LogP contribution in [0.2, 0.25) is 0 Å². The number of carbonyl (C=O) groups is 4. The van der Waals surface area contributed by atoms with Crippen molar-refractivity contribution in [3.05, 3.63) is 173 Å². The number of aryl methyl sites for hydroxylation is 1. The number of alkyl carbamates (subject to hydrolysis) is 1. The van der Waals surface area contributed by atoms with Gasteiger partial charge in [0.15, 0.2) is 0 Å². The number of aliphatic hydroxyl groups is 2. The van der Waals surface area contributed by atoms with Gasteiger partial charge < -0.3 is 41.2 Å². The lowest BCUT2D eigenvalue weighted by Crippen LogP contribution is -2.62. The summed E-state index contributed by atoms with van der Waals surface area (Å²) in [5.41, 5.74) is 5.95. The zero-order valence-corrected chi connectivity index (χ0v) is 37.5. The highest BCUT2D eigenvalue weighted by molar-refractivity contribution is 5.87. The number of amides is 4. The topological polar surface area (TPSA) is 207 Å². The molecular weight excluding hydrogens is 835 g/mol. The standard InChI is InChI=1S/C52H59N7O7/c1-52(2,3)48(59-51(65)66-32-36-16-8-5-9-17-36)50(64)57-41(28-33-14-6-4-7-15-33)47(62)46(49(63)58-45-38-19-11-10-18-37(38)29-42(45)60)54-31-35-24-22-34(23-25-35)30-53-44(61)27-26-43-55-39-20-12-13-21-40(39)56-43/h4-25,41-42,45-48,54,60,62H,26-32H2,1-3H3,(H,53,61)(H,55,56)(H,57,64)(H,58,63)(H,59,65)/t41-,42+,45-,46+,47+,48+/m0/s1. The zero-order chi connectivity index (χ0) is 46.6. The fraction of sp³-hybridized carbons (Fsp3) is 0.327. The summed E-state index contributed by atoms with van der Waals surface area (Å²) in [7, 11) is 0. The van der Waals surface area contributed by atoms with E-state index in [0.29, 0.717) is 19.4 Å². The fourth-order valence-corrected chi connectivity index (χ4v) is 8.19. The lowest BCUT2D eigenvalue weighted by Gasteiger charge is -2.35. The number of aromatic nitrogens is 2. The monoisotopic (exact) mass is 893 g/mol. The minimum atomic E-state index is -1.51. The van der Waals surface area contributed by atoms with Crippen molar-refractivity contribution in [3.8, 4) is 0 Å². The predicted molar refractivity (Wildman–Crippen MR) is 251 cm³/mol. The van der Waals surface area contributed by atoms with Crippen LogP contribution >= 0.6 is 0 Å². The first kappa shape index (κ1) is 47.1. The number of para-hydroxylation sites is 2. The van der Waals surface area contributed by atoms with Crippen LogP contribution in [-0.2, 0) is 58.1 Å². The largest absolute Gasteiger partial charge is 0.445 e. The second-order valence-corrected chi connectivity index (χ2v) is 17.9. The fourth-order valence-electron chi connectivity index (χ4n) is 8.19. The number of ether oxygens (including phenoxy) is 1. The molecule has 1 aromatic heterocycles. The van der Waals surface area contributed by atoms with E-state index in [2.05, 4.69) is 36.6 Å². The number of rotatable bonds is 19. The lowest BCUT2D eigenvalue weighted by atomic mass is 9.85. The van der Waals surface area contributed by atoms with E-state index in [-0.39, 0.29) is 31.9 Å². The Morgan fingerprint density at radius 2 is 1.39 bits per heavy atom. The van der Waals surface area contributed by atoms with E-state index >= 15 is 0 Å². The quantitative estimate of drug-likeness (QED) is 0.0518. The lowest BCUT2D eigenvalue weighted by molar-refractivity contribution is -0.131. The van der Waals surface area contributed by atoms with Crippen LogP contribution in [0.4, 0.5) is 4.79 Å². The summed E-state index contributed by atoms with van der Waals surface area (Å²) in [6.45, 7) is 5.90. The number of benzene rings is 5. The van der Waals surface area contributed by atoms with Crippen LogP contribution in [0.15, 0.2) is 133 Å². The molecule has 0 spiro atoms. The van der Waals surface area contributed by atoms with Gasteiger partial charge in [0.05, 0.1) is 35.3 Å². The van der Waals surface area contributed by atoms with Crippen molar-refractivity contribution in [1.29, 1.82) is 0 Å². The van der Waals surface area contributed by atoms with Crippen LogP contribution in [0, 0.1) is 5.41 Å². The average Bonchev–Trinajstić information content (AvgIpc) is 3.88. The highest BCUT2D eigenvalue weighted by Gasteiger charge is 2.40. The molecule has 1 heterocycles. The third-order valence-corrected chi connectivity index (χ3v) is 11.8. The van der Waals surface area contributed by atoms with Crippen molar-refractivity contribution in [1.82, 2.24) is 36.6 Å². The maximum absolute atomic E-state index is 14.5. The third kappa shape index (κ3) is 12.7. The van der Waals surface area contributed by atoms with Gasteiger partial charge in [-0.15, -0.1) is 0 Å². The SMILES string of the molecule is CC(C)(C)[C@H](NC(=O)OCc1ccccc1)C(=O)N[C@@H](Cc1ccccc1)[C@@H](O)[C@@H](NCc1ccc(CNC(=O)CCc2nc3ccccc3[nH]2)cc1)C(=O)N[C@H]1c2ccccc2C[C@H]1O. The van der Waals surface area contributed by atoms with E-state index in [1.165, 1.54) is 0 Å². The van der Waals surface area contributed by atoms with Crippen LogP contribution in [0.5, 0.6) is 0 Å². The summed E-state index contributed by atoms with van der Waals surface area (Å²) in [5.74, 6) is -0.506. The van der Waals surface area contributed by atoms with Gasteiger partial charge >= 0.3 is 6.09 Å². The molecule has 1 aliphatic carbocycles. The van der Waals surface area contributed by atoms with Crippen molar-refractivity contribution in [2.75, 3.05) is 0 Å². The Bertz CT molecular complexity index is 2530. The first-order valence-electron chi connectivity index (χ1n) is 22.4. The molecule has 7 rings (SSSR count). The number of aliphatic hydroxyl groups excluding tert-OH is 2. The third-order valence-electron chi connectivity index (χ3n) is 11.8. The Kier molecular flexibility index (Phi) is 15.6. The molecule has 0 saturated carbocycles. The molecule has 0 aliphatic heterocycles.